The third-order valence-corrected chi connectivity index (χ3v) is 4.22. The number of aryl methyl sites for hydroxylation is 2. The number of nitrogens with one attached hydrogen (secondary N) is 1. The molecule has 1 unspecified atom stereocenters. The predicted octanol–water partition coefficient (Wildman–Crippen LogP) is 2.82. The predicted molar refractivity (Wildman–Crippen MR) is 78.3 cm³/mol. The van der Waals surface area contributed by atoms with Gasteiger partial charge in [-0.25, -0.2) is 0 Å². The average molecular weight is 252 g/mol. The first-order valence-corrected chi connectivity index (χ1v) is 7.22. The van der Waals surface area contributed by atoms with Gasteiger partial charge in [0, 0.05) is 11.8 Å². The minimum Gasteiger partial charge on any atom is -0.271 e. The van der Waals surface area contributed by atoms with Crippen molar-refractivity contribution < 1.29 is 0 Å². The highest BCUT2D eigenvalue weighted by molar-refractivity contribution is 7.99. The van der Waals surface area contributed by atoms with Crippen LogP contribution in [0.5, 0.6) is 0 Å². The normalized spacial score (nSPS) is 13.1. The minimum atomic E-state index is 0.349. The summed E-state index contributed by atoms with van der Waals surface area (Å²) in [4.78, 5) is 0. The van der Waals surface area contributed by atoms with Crippen LogP contribution in [0.2, 0.25) is 0 Å². The van der Waals surface area contributed by atoms with E-state index in [2.05, 4.69) is 51.3 Å². The molecule has 3 heteroatoms. The lowest BCUT2D eigenvalue weighted by Gasteiger charge is -2.19. The summed E-state index contributed by atoms with van der Waals surface area (Å²) >= 11 is 1.95. The van der Waals surface area contributed by atoms with Gasteiger partial charge in [0.15, 0.2) is 0 Å². The van der Waals surface area contributed by atoms with Gasteiger partial charge in [-0.2, -0.15) is 11.8 Å². The van der Waals surface area contributed by atoms with Crippen LogP contribution in [0.3, 0.4) is 0 Å². The Labute approximate surface area is 109 Å². The smallest absolute Gasteiger partial charge is 0.0341 e. The van der Waals surface area contributed by atoms with Crippen LogP contribution in [0.1, 0.15) is 30.5 Å². The fraction of sp³-hybridized carbons (Fsp3) is 0.571. The summed E-state index contributed by atoms with van der Waals surface area (Å²) in [6.07, 6.45) is 1.01. The Balaban J connectivity index is 2.67. The van der Waals surface area contributed by atoms with Crippen molar-refractivity contribution in [3.63, 3.8) is 0 Å². The molecule has 2 nitrogen and oxygen atoms in total. The zero-order chi connectivity index (χ0) is 12.8. The summed E-state index contributed by atoms with van der Waals surface area (Å²) in [6.45, 7) is 8.78. The molecule has 0 saturated carbocycles. The Morgan fingerprint density at radius 1 is 1.24 bits per heavy atom. The number of thioether (sulfide) groups is 1. The molecule has 0 spiro atoms. The van der Waals surface area contributed by atoms with Crippen molar-refractivity contribution in [3.8, 4) is 0 Å². The molecule has 0 aliphatic heterocycles. The Bertz CT molecular complexity index is 330. The van der Waals surface area contributed by atoms with Gasteiger partial charge < -0.3 is 0 Å². The van der Waals surface area contributed by atoms with Gasteiger partial charge in [0.05, 0.1) is 0 Å². The highest BCUT2D eigenvalue weighted by atomic mass is 32.2. The van der Waals surface area contributed by atoms with Crippen LogP contribution in [-0.2, 0) is 6.42 Å². The molecule has 96 valence electrons. The van der Waals surface area contributed by atoms with Crippen LogP contribution in [0, 0.1) is 13.8 Å². The molecule has 0 saturated heterocycles. The average Bonchev–Trinajstić information content (AvgIpc) is 2.27. The summed E-state index contributed by atoms with van der Waals surface area (Å²) in [6, 6.07) is 6.81. The Morgan fingerprint density at radius 2 is 1.82 bits per heavy atom. The van der Waals surface area contributed by atoms with Gasteiger partial charge in [0.1, 0.15) is 0 Å². The summed E-state index contributed by atoms with van der Waals surface area (Å²) < 4.78 is 0. The summed E-state index contributed by atoms with van der Waals surface area (Å²) in [5, 5.41) is 0.656. The maximum atomic E-state index is 5.64. The molecule has 1 aromatic carbocycles. The number of rotatable bonds is 6. The number of nitrogens with two attached hydrogens (primary N) is 1. The molecular weight excluding hydrogens is 228 g/mol. The van der Waals surface area contributed by atoms with E-state index < -0.39 is 0 Å². The van der Waals surface area contributed by atoms with Crippen molar-refractivity contribution in [1.82, 2.24) is 5.43 Å². The third kappa shape index (κ3) is 4.70. The topological polar surface area (TPSA) is 38.0 Å². The Kier molecular flexibility index (Phi) is 6.03. The summed E-state index contributed by atoms with van der Waals surface area (Å²) in [5.74, 6) is 6.70. The zero-order valence-electron chi connectivity index (χ0n) is 11.3. The standard InChI is InChI=1S/C14H24N2S/c1-10(2)17-9-13(16-15)8-14-11(3)6-5-7-12(14)4/h5-7,10,13,16H,8-9,15H2,1-4H3. The van der Waals surface area contributed by atoms with E-state index in [9.17, 15) is 0 Å². The fourth-order valence-electron chi connectivity index (χ4n) is 1.89. The van der Waals surface area contributed by atoms with E-state index in [1.54, 1.807) is 0 Å². The Hall–Kier alpha value is -0.510. The van der Waals surface area contributed by atoms with Crippen molar-refractivity contribution in [3.05, 3.63) is 34.9 Å². The third-order valence-electron chi connectivity index (χ3n) is 2.96. The lowest BCUT2D eigenvalue weighted by molar-refractivity contribution is 0.572. The number of hydrogen-bond donors (Lipinski definition) is 2. The highest BCUT2D eigenvalue weighted by Gasteiger charge is 2.12. The first-order chi connectivity index (χ1) is 8.04. The van der Waals surface area contributed by atoms with E-state index in [0.717, 1.165) is 12.2 Å². The van der Waals surface area contributed by atoms with Gasteiger partial charge in [-0.05, 0) is 42.2 Å². The van der Waals surface area contributed by atoms with Crippen LogP contribution in [0.4, 0.5) is 0 Å². The summed E-state index contributed by atoms with van der Waals surface area (Å²) in [5.41, 5.74) is 7.09. The van der Waals surface area contributed by atoms with E-state index in [0.29, 0.717) is 11.3 Å². The quantitative estimate of drug-likeness (QED) is 0.604. The Morgan fingerprint density at radius 3 is 2.29 bits per heavy atom. The second kappa shape index (κ2) is 7.04. The second-order valence-corrected chi connectivity index (χ2v) is 6.43. The largest absolute Gasteiger partial charge is 0.271 e. The van der Waals surface area contributed by atoms with Crippen LogP contribution >= 0.6 is 11.8 Å². The minimum absolute atomic E-state index is 0.349. The second-order valence-electron chi connectivity index (χ2n) is 4.82. The molecule has 1 aromatic rings. The molecule has 0 aromatic heterocycles. The number of hydrogen-bond acceptors (Lipinski definition) is 3. The van der Waals surface area contributed by atoms with Gasteiger partial charge in [0.25, 0.3) is 0 Å². The molecule has 0 fully saturated rings. The molecule has 0 amide bonds. The first-order valence-electron chi connectivity index (χ1n) is 6.17. The lowest BCUT2D eigenvalue weighted by Crippen LogP contribution is -2.39. The highest BCUT2D eigenvalue weighted by Crippen LogP contribution is 2.18. The van der Waals surface area contributed by atoms with Crippen LogP contribution in [-0.4, -0.2) is 17.0 Å². The van der Waals surface area contributed by atoms with Crippen LogP contribution < -0.4 is 11.3 Å². The van der Waals surface area contributed by atoms with Crippen molar-refractivity contribution >= 4 is 11.8 Å². The summed E-state index contributed by atoms with van der Waals surface area (Å²) in [7, 11) is 0. The van der Waals surface area contributed by atoms with Gasteiger partial charge in [0.2, 0.25) is 0 Å². The molecule has 0 radical (unpaired) electrons. The molecule has 3 N–H and O–H groups in total. The molecule has 0 aliphatic rings. The maximum absolute atomic E-state index is 5.64. The van der Waals surface area contributed by atoms with Gasteiger partial charge in [-0.3, -0.25) is 11.3 Å². The first kappa shape index (κ1) is 14.6. The molecule has 17 heavy (non-hydrogen) atoms. The molecule has 1 atom stereocenters. The van der Waals surface area contributed by atoms with Crippen LogP contribution in [0.25, 0.3) is 0 Å². The monoisotopic (exact) mass is 252 g/mol. The molecule has 0 bridgehead atoms. The lowest BCUT2D eigenvalue weighted by atomic mass is 9.97. The number of hydrazine groups is 1. The van der Waals surface area contributed by atoms with E-state index in [-0.39, 0.29) is 0 Å². The van der Waals surface area contributed by atoms with Crippen LogP contribution in [0.15, 0.2) is 18.2 Å². The van der Waals surface area contributed by atoms with Crippen molar-refractivity contribution in [1.29, 1.82) is 0 Å². The molecule has 1 rings (SSSR count). The van der Waals surface area contributed by atoms with E-state index in [1.165, 1.54) is 16.7 Å². The van der Waals surface area contributed by atoms with Crippen molar-refractivity contribution in [2.75, 3.05) is 5.75 Å². The van der Waals surface area contributed by atoms with E-state index in [1.807, 2.05) is 11.8 Å². The van der Waals surface area contributed by atoms with Crippen molar-refractivity contribution in [2.24, 2.45) is 5.84 Å². The maximum Gasteiger partial charge on any atom is 0.0341 e. The van der Waals surface area contributed by atoms with Gasteiger partial charge in [-0.15, -0.1) is 0 Å². The number of benzene rings is 1. The fourth-order valence-corrected chi connectivity index (χ4v) is 2.72. The molecule has 0 heterocycles. The van der Waals surface area contributed by atoms with Gasteiger partial charge >= 0.3 is 0 Å². The molecular formula is C14H24N2S. The van der Waals surface area contributed by atoms with Crippen molar-refractivity contribution in [2.45, 2.75) is 45.4 Å². The zero-order valence-corrected chi connectivity index (χ0v) is 12.1. The van der Waals surface area contributed by atoms with E-state index >= 15 is 0 Å². The SMILES string of the molecule is Cc1cccc(C)c1CC(CSC(C)C)NN. The van der Waals surface area contributed by atoms with Gasteiger partial charge in [-0.1, -0.05) is 32.0 Å². The van der Waals surface area contributed by atoms with E-state index in [4.69, 9.17) is 5.84 Å². The molecule has 0 aliphatic carbocycles.